The summed E-state index contributed by atoms with van der Waals surface area (Å²) >= 11 is 0. The second-order valence-electron chi connectivity index (χ2n) is 3.84. The summed E-state index contributed by atoms with van der Waals surface area (Å²) in [5, 5.41) is 13.4. The molecule has 0 fully saturated rings. The zero-order chi connectivity index (χ0) is 10.1. The molecule has 0 aromatic carbocycles. The van der Waals surface area contributed by atoms with Crippen LogP contribution >= 0.6 is 0 Å². The first-order valence-electron chi connectivity index (χ1n) is 5.03. The van der Waals surface area contributed by atoms with Gasteiger partial charge in [0, 0.05) is 13.0 Å². The van der Waals surface area contributed by atoms with Crippen LogP contribution in [0.4, 0.5) is 0 Å². The largest absolute Gasteiger partial charge is 0.391 e. The average Bonchev–Trinajstić information content (AvgIpc) is 2.44. The molecular weight excluding hydrogens is 182 g/mol. The number of hydrogen-bond donors (Lipinski definition) is 1. The van der Waals surface area contributed by atoms with Crippen LogP contribution in [0, 0.1) is 0 Å². The van der Waals surface area contributed by atoms with E-state index >= 15 is 0 Å². The lowest BCUT2D eigenvalue weighted by atomic mass is 10.2. The third-order valence-corrected chi connectivity index (χ3v) is 2.47. The van der Waals surface area contributed by atoms with Gasteiger partial charge < -0.3 is 5.11 Å². The van der Waals surface area contributed by atoms with E-state index in [1.165, 1.54) is 4.68 Å². The summed E-state index contributed by atoms with van der Waals surface area (Å²) in [5.74, 6) is 0.863. The van der Waals surface area contributed by atoms with Gasteiger partial charge in [0.15, 0.2) is 0 Å². The van der Waals surface area contributed by atoms with Gasteiger partial charge in [-0.2, -0.15) is 5.10 Å². The Kier molecular flexibility index (Phi) is 2.41. The quantitative estimate of drug-likeness (QED) is 0.712. The first-order chi connectivity index (χ1) is 6.68. The SMILES string of the molecule is C[C@@H](O)Cn1nc2n(c1=O)CCCC2. The topological polar surface area (TPSA) is 60.0 Å². The Labute approximate surface area is 82.0 Å². The molecular formula is C9H15N3O2. The van der Waals surface area contributed by atoms with E-state index in [4.69, 9.17) is 0 Å². The molecule has 0 saturated heterocycles. The molecule has 5 nitrogen and oxygen atoms in total. The molecule has 78 valence electrons. The van der Waals surface area contributed by atoms with Crippen molar-refractivity contribution in [2.75, 3.05) is 0 Å². The first kappa shape index (κ1) is 9.45. The molecule has 5 heteroatoms. The number of aromatic nitrogens is 3. The molecule has 1 aliphatic rings. The van der Waals surface area contributed by atoms with Gasteiger partial charge in [-0.15, -0.1) is 0 Å². The smallest absolute Gasteiger partial charge is 0.346 e. The maximum atomic E-state index is 11.7. The van der Waals surface area contributed by atoms with E-state index in [2.05, 4.69) is 5.10 Å². The number of aliphatic hydroxyl groups is 1. The minimum Gasteiger partial charge on any atom is -0.391 e. The zero-order valence-electron chi connectivity index (χ0n) is 8.31. The summed E-state index contributed by atoms with van der Waals surface area (Å²) in [7, 11) is 0. The fourth-order valence-corrected chi connectivity index (χ4v) is 1.82. The van der Waals surface area contributed by atoms with Gasteiger partial charge in [0.1, 0.15) is 5.82 Å². The van der Waals surface area contributed by atoms with Crippen LogP contribution in [0.5, 0.6) is 0 Å². The minimum atomic E-state index is -0.523. The summed E-state index contributed by atoms with van der Waals surface area (Å²) in [5.41, 5.74) is -0.0828. The second kappa shape index (κ2) is 3.57. The maximum absolute atomic E-state index is 11.7. The molecule has 0 bridgehead atoms. The Morgan fingerprint density at radius 2 is 2.36 bits per heavy atom. The van der Waals surface area contributed by atoms with Gasteiger partial charge in [-0.1, -0.05) is 0 Å². The normalized spacial score (nSPS) is 17.9. The molecule has 0 radical (unpaired) electrons. The molecule has 0 unspecified atom stereocenters. The number of aryl methyl sites for hydroxylation is 1. The molecule has 2 rings (SSSR count). The third kappa shape index (κ3) is 1.59. The van der Waals surface area contributed by atoms with Crippen LogP contribution in [0.1, 0.15) is 25.6 Å². The number of aliphatic hydroxyl groups excluding tert-OH is 1. The molecule has 0 amide bonds. The standard InChI is InChI=1S/C9H15N3O2/c1-7(13)6-12-9(14)11-5-3-2-4-8(11)10-12/h7,13H,2-6H2,1H3/t7-/m1/s1. The van der Waals surface area contributed by atoms with Crippen molar-refractivity contribution in [3.8, 4) is 0 Å². The first-order valence-corrected chi connectivity index (χ1v) is 5.03. The van der Waals surface area contributed by atoms with E-state index < -0.39 is 6.10 Å². The highest BCUT2D eigenvalue weighted by Crippen LogP contribution is 2.09. The van der Waals surface area contributed by atoms with E-state index in [9.17, 15) is 9.90 Å². The highest BCUT2D eigenvalue weighted by molar-refractivity contribution is 4.91. The lowest BCUT2D eigenvalue weighted by molar-refractivity contribution is 0.166. The molecule has 1 aromatic rings. The van der Waals surface area contributed by atoms with Crippen molar-refractivity contribution in [3.05, 3.63) is 16.3 Å². The van der Waals surface area contributed by atoms with Gasteiger partial charge in [-0.05, 0) is 19.8 Å². The Morgan fingerprint density at radius 1 is 1.57 bits per heavy atom. The van der Waals surface area contributed by atoms with E-state index in [-0.39, 0.29) is 5.69 Å². The fraction of sp³-hybridized carbons (Fsp3) is 0.778. The van der Waals surface area contributed by atoms with Gasteiger partial charge >= 0.3 is 5.69 Å². The van der Waals surface area contributed by atoms with Crippen LogP contribution in [-0.4, -0.2) is 25.6 Å². The van der Waals surface area contributed by atoms with Crippen LogP contribution in [0.3, 0.4) is 0 Å². The Bertz CT molecular complexity index is 378. The summed E-state index contributed by atoms with van der Waals surface area (Å²) in [4.78, 5) is 11.7. The second-order valence-corrected chi connectivity index (χ2v) is 3.84. The van der Waals surface area contributed by atoms with Crippen molar-refractivity contribution in [1.29, 1.82) is 0 Å². The van der Waals surface area contributed by atoms with Crippen LogP contribution < -0.4 is 5.69 Å². The molecule has 14 heavy (non-hydrogen) atoms. The van der Waals surface area contributed by atoms with Crippen molar-refractivity contribution in [2.24, 2.45) is 0 Å². The van der Waals surface area contributed by atoms with Gasteiger partial charge in [0.05, 0.1) is 12.6 Å². The summed E-state index contributed by atoms with van der Waals surface area (Å²) in [6.45, 7) is 2.72. The van der Waals surface area contributed by atoms with E-state index in [0.29, 0.717) is 6.54 Å². The number of rotatable bonds is 2. The van der Waals surface area contributed by atoms with Crippen molar-refractivity contribution in [2.45, 2.75) is 45.4 Å². The zero-order valence-corrected chi connectivity index (χ0v) is 8.31. The predicted octanol–water partition coefficient (Wildman–Crippen LogP) is -0.238. The number of nitrogens with zero attached hydrogens (tertiary/aromatic N) is 3. The Balaban J connectivity index is 2.34. The maximum Gasteiger partial charge on any atom is 0.346 e. The van der Waals surface area contributed by atoms with Crippen LogP contribution in [0.15, 0.2) is 4.79 Å². The van der Waals surface area contributed by atoms with E-state index in [1.807, 2.05) is 0 Å². The molecule has 1 aliphatic heterocycles. The summed E-state index contributed by atoms with van der Waals surface area (Å²) in [6, 6.07) is 0. The number of hydrogen-bond acceptors (Lipinski definition) is 3. The van der Waals surface area contributed by atoms with Crippen LogP contribution in [-0.2, 0) is 19.5 Å². The van der Waals surface area contributed by atoms with Crippen molar-refractivity contribution >= 4 is 0 Å². The van der Waals surface area contributed by atoms with Crippen molar-refractivity contribution in [1.82, 2.24) is 14.3 Å². The van der Waals surface area contributed by atoms with Gasteiger partial charge in [0.2, 0.25) is 0 Å². The summed E-state index contributed by atoms with van der Waals surface area (Å²) < 4.78 is 3.08. The Hall–Kier alpha value is -1.10. The average molecular weight is 197 g/mol. The van der Waals surface area contributed by atoms with Crippen molar-refractivity contribution in [3.63, 3.8) is 0 Å². The highest BCUT2D eigenvalue weighted by Gasteiger charge is 2.16. The van der Waals surface area contributed by atoms with Gasteiger partial charge in [-0.25, -0.2) is 9.48 Å². The lowest BCUT2D eigenvalue weighted by Crippen LogP contribution is -2.29. The molecule has 0 saturated carbocycles. The van der Waals surface area contributed by atoms with E-state index in [0.717, 1.165) is 31.6 Å². The predicted molar refractivity (Wildman–Crippen MR) is 51.1 cm³/mol. The highest BCUT2D eigenvalue weighted by atomic mass is 16.3. The van der Waals surface area contributed by atoms with Gasteiger partial charge in [0.25, 0.3) is 0 Å². The molecule has 0 spiro atoms. The number of fused-ring (bicyclic) bond motifs is 1. The molecule has 1 N–H and O–H groups in total. The minimum absolute atomic E-state index is 0.0828. The fourth-order valence-electron chi connectivity index (χ4n) is 1.82. The molecule has 2 heterocycles. The molecule has 1 atom stereocenters. The summed E-state index contributed by atoms with van der Waals surface area (Å²) in [6.07, 6.45) is 2.50. The van der Waals surface area contributed by atoms with Crippen molar-refractivity contribution < 1.29 is 5.11 Å². The monoisotopic (exact) mass is 197 g/mol. The van der Waals surface area contributed by atoms with E-state index in [1.54, 1.807) is 11.5 Å². The third-order valence-electron chi connectivity index (χ3n) is 2.47. The van der Waals surface area contributed by atoms with Gasteiger partial charge in [-0.3, -0.25) is 4.57 Å². The lowest BCUT2D eigenvalue weighted by Gasteiger charge is -2.09. The Morgan fingerprint density at radius 3 is 3.00 bits per heavy atom. The molecule has 1 aromatic heterocycles. The van der Waals surface area contributed by atoms with Crippen LogP contribution in [0.25, 0.3) is 0 Å². The molecule has 0 aliphatic carbocycles. The van der Waals surface area contributed by atoms with Crippen LogP contribution in [0.2, 0.25) is 0 Å².